The number of fused-ring (bicyclic) bond motifs is 1. The van der Waals surface area contributed by atoms with Crippen LogP contribution in [0.2, 0.25) is 0 Å². The lowest BCUT2D eigenvalue weighted by Gasteiger charge is -2.11. The van der Waals surface area contributed by atoms with E-state index in [1.54, 1.807) is 0 Å². The number of hydrogen-bond donors (Lipinski definition) is 1. The Morgan fingerprint density at radius 1 is 1.00 bits per heavy atom. The lowest BCUT2D eigenvalue weighted by atomic mass is 10.1. The van der Waals surface area contributed by atoms with Crippen LogP contribution in [-0.4, -0.2) is 28.6 Å². The third kappa shape index (κ3) is 6.04. The van der Waals surface area contributed by atoms with Gasteiger partial charge in [-0.1, -0.05) is 48.9 Å². The van der Waals surface area contributed by atoms with Crippen molar-refractivity contribution in [2.45, 2.75) is 46.1 Å². The number of aryl methyl sites for hydroxylation is 4. The number of imidazole rings is 1. The predicted molar refractivity (Wildman–Crippen MR) is 137 cm³/mol. The molecule has 3 aromatic carbocycles. The molecule has 0 aliphatic rings. The van der Waals surface area contributed by atoms with Gasteiger partial charge in [0.2, 0.25) is 0 Å². The van der Waals surface area contributed by atoms with Crippen molar-refractivity contribution in [1.82, 2.24) is 14.9 Å². The highest BCUT2D eigenvalue weighted by atomic mass is 16.5. The van der Waals surface area contributed by atoms with Crippen LogP contribution in [0.15, 0.2) is 72.8 Å². The summed E-state index contributed by atoms with van der Waals surface area (Å²) in [4.78, 5) is 17.3. The highest BCUT2D eigenvalue weighted by Crippen LogP contribution is 2.18. The van der Waals surface area contributed by atoms with E-state index in [1.165, 1.54) is 5.56 Å². The average Bonchev–Trinajstić information content (AvgIpc) is 3.22. The van der Waals surface area contributed by atoms with Crippen molar-refractivity contribution in [2.24, 2.45) is 0 Å². The zero-order valence-corrected chi connectivity index (χ0v) is 20.1. The molecule has 0 saturated carbocycles. The number of amides is 1. The Morgan fingerprint density at radius 3 is 2.62 bits per heavy atom. The van der Waals surface area contributed by atoms with Gasteiger partial charge in [-0.05, 0) is 68.1 Å². The third-order valence-corrected chi connectivity index (χ3v) is 6.00. The lowest BCUT2D eigenvalue weighted by molar-refractivity contribution is 0.0953. The third-order valence-electron chi connectivity index (χ3n) is 6.00. The van der Waals surface area contributed by atoms with E-state index in [-0.39, 0.29) is 5.91 Å². The van der Waals surface area contributed by atoms with E-state index in [9.17, 15) is 4.79 Å². The standard InChI is InChI=1S/C29H33N3O2/c1-3-23-14-16-25(17-15-23)34-20-8-19-32-27-12-5-4-11-26(27)31-28(32)13-7-18-30-29(33)24-10-6-9-22(2)21-24/h4-6,9-12,14-17,21H,3,7-8,13,18-20H2,1-2H3,(H,30,33). The number of carbonyl (C=O) groups excluding carboxylic acids is 1. The van der Waals surface area contributed by atoms with Gasteiger partial charge in [0.15, 0.2) is 0 Å². The van der Waals surface area contributed by atoms with Crippen LogP contribution < -0.4 is 10.1 Å². The van der Waals surface area contributed by atoms with Gasteiger partial charge in [0, 0.05) is 25.1 Å². The predicted octanol–water partition coefficient (Wildman–Crippen LogP) is 5.74. The summed E-state index contributed by atoms with van der Waals surface area (Å²) >= 11 is 0. The molecule has 5 heteroatoms. The molecule has 1 amide bonds. The molecule has 0 atom stereocenters. The van der Waals surface area contributed by atoms with Crippen molar-refractivity contribution < 1.29 is 9.53 Å². The quantitative estimate of drug-likeness (QED) is 0.294. The van der Waals surface area contributed by atoms with Crippen molar-refractivity contribution in [3.05, 3.63) is 95.3 Å². The number of para-hydroxylation sites is 2. The minimum Gasteiger partial charge on any atom is -0.494 e. The zero-order chi connectivity index (χ0) is 23.8. The summed E-state index contributed by atoms with van der Waals surface area (Å²) in [5, 5.41) is 3.03. The second kappa shape index (κ2) is 11.5. The molecular weight excluding hydrogens is 422 g/mol. The number of hydrogen-bond acceptors (Lipinski definition) is 3. The van der Waals surface area contributed by atoms with E-state index in [0.29, 0.717) is 18.7 Å². The summed E-state index contributed by atoms with van der Waals surface area (Å²) in [5.74, 6) is 1.94. The van der Waals surface area contributed by atoms with Crippen molar-refractivity contribution in [2.75, 3.05) is 13.2 Å². The molecule has 4 rings (SSSR count). The van der Waals surface area contributed by atoms with Crippen LogP contribution in [0.25, 0.3) is 11.0 Å². The molecule has 4 aromatic rings. The first-order chi connectivity index (χ1) is 16.6. The minimum absolute atomic E-state index is 0.0266. The van der Waals surface area contributed by atoms with Gasteiger partial charge in [-0.2, -0.15) is 0 Å². The maximum atomic E-state index is 12.4. The van der Waals surface area contributed by atoms with Gasteiger partial charge >= 0.3 is 0 Å². The van der Waals surface area contributed by atoms with Crippen molar-refractivity contribution in [3.63, 3.8) is 0 Å². The molecule has 34 heavy (non-hydrogen) atoms. The van der Waals surface area contributed by atoms with Crippen molar-refractivity contribution in [3.8, 4) is 5.75 Å². The largest absolute Gasteiger partial charge is 0.494 e. The molecule has 0 radical (unpaired) electrons. The Bertz CT molecular complexity index is 1230. The van der Waals surface area contributed by atoms with Crippen LogP contribution in [0, 0.1) is 6.92 Å². The first-order valence-corrected chi connectivity index (χ1v) is 12.1. The highest BCUT2D eigenvalue weighted by Gasteiger charge is 2.11. The van der Waals surface area contributed by atoms with Crippen LogP contribution in [0.4, 0.5) is 0 Å². The van der Waals surface area contributed by atoms with Gasteiger partial charge in [0.05, 0.1) is 17.6 Å². The van der Waals surface area contributed by atoms with E-state index in [4.69, 9.17) is 9.72 Å². The van der Waals surface area contributed by atoms with Gasteiger partial charge in [-0.25, -0.2) is 4.98 Å². The Kier molecular flexibility index (Phi) is 7.97. The van der Waals surface area contributed by atoms with Gasteiger partial charge < -0.3 is 14.6 Å². The van der Waals surface area contributed by atoms with E-state index in [1.807, 2.05) is 49.4 Å². The SMILES string of the molecule is CCc1ccc(OCCCn2c(CCCNC(=O)c3cccc(C)c3)nc3ccccc32)cc1. The van der Waals surface area contributed by atoms with E-state index in [0.717, 1.165) is 60.4 Å². The molecule has 0 aliphatic carbocycles. The molecule has 0 unspecified atom stereocenters. The van der Waals surface area contributed by atoms with Crippen molar-refractivity contribution >= 4 is 16.9 Å². The molecule has 0 fully saturated rings. The minimum atomic E-state index is -0.0266. The number of ether oxygens (including phenoxy) is 1. The van der Waals surface area contributed by atoms with Crippen LogP contribution in [0.3, 0.4) is 0 Å². The number of nitrogens with zero attached hydrogens (tertiary/aromatic N) is 2. The summed E-state index contributed by atoms with van der Waals surface area (Å²) in [5.41, 5.74) is 5.27. The smallest absolute Gasteiger partial charge is 0.251 e. The molecular formula is C29H33N3O2. The fraction of sp³-hybridized carbons (Fsp3) is 0.310. The number of nitrogens with one attached hydrogen (secondary N) is 1. The van der Waals surface area contributed by atoms with Crippen LogP contribution in [0.5, 0.6) is 5.75 Å². The van der Waals surface area contributed by atoms with Crippen molar-refractivity contribution in [1.29, 1.82) is 0 Å². The normalized spacial score (nSPS) is 11.0. The Labute approximate surface area is 201 Å². The maximum absolute atomic E-state index is 12.4. The number of benzene rings is 3. The molecule has 0 saturated heterocycles. The van der Waals surface area contributed by atoms with Gasteiger partial charge in [-0.3, -0.25) is 4.79 Å². The molecule has 0 aliphatic heterocycles. The summed E-state index contributed by atoms with van der Waals surface area (Å²) in [6.45, 7) is 6.27. The topological polar surface area (TPSA) is 56.1 Å². The van der Waals surface area contributed by atoms with E-state index >= 15 is 0 Å². The van der Waals surface area contributed by atoms with Crippen LogP contribution in [-0.2, 0) is 19.4 Å². The molecule has 176 valence electrons. The Morgan fingerprint density at radius 2 is 1.82 bits per heavy atom. The van der Waals surface area contributed by atoms with Gasteiger partial charge in [-0.15, -0.1) is 0 Å². The first-order valence-electron chi connectivity index (χ1n) is 12.1. The van der Waals surface area contributed by atoms with Gasteiger partial charge in [0.25, 0.3) is 5.91 Å². The monoisotopic (exact) mass is 455 g/mol. The van der Waals surface area contributed by atoms with E-state index < -0.39 is 0 Å². The molecule has 1 N–H and O–H groups in total. The Balaban J connectivity index is 1.31. The Hall–Kier alpha value is -3.60. The first kappa shape index (κ1) is 23.6. The van der Waals surface area contributed by atoms with Gasteiger partial charge in [0.1, 0.15) is 11.6 Å². The summed E-state index contributed by atoms with van der Waals surface area (Å²) in [7, 11) is 0. The average molecular weight is 456 g/mol. The fourth-order valence-electron chi connectivity index (χ4n) is 4.14. The second-order valence-electron chi connectivity index (χ2n) is 8.60. The molecule has 1 heterocycles. The molecule has 1 aromatic heterocycles. The van der Waals surface area contributed by atoms with E-state index in [2.05, 4.69) is 47.1 Å². The highest BCUT2D eigenvalue weighted by molar-refractivity contribution is 5.94. The molecule has 0 bridgehead atoms. The zero-order valence-electron chi connectivity index (χ0n) is 20.1. The second-order valence-corrected chi connectivity index (χ2v) is 8.60. The summed E-state index contributed by atoms with van der Waals surface area (Å²) < 4.78 is 8.24. The maximum Gasteiger partial charge on any atom is 0.251 e. The number of carbonyl (C=O) groups is 1. The molecule has 5 nitrogen and oxygen atoms in total. The lowest BCUT2D eigenvalue weighted by Crippen LogP contribution is -2.25. The molecule has 0 spiro atoms. The fourth-order valence-corrected chi connectivity index (χ4v) is 4.14. The number of rotatable bonds is 11. The summed E-state index contributed by atoms with van der Waals surface area (Å²) in [6.07, 6.45) is 3.57. The summed E-state index contributed by atoms with van der Waals surface area (Å²) in [6, 6.07) is 24.2. The number of aromatic nitrogens is 2. The van der Waals surface area contributed by atoms with Crippen LogP contribution in [0.1, 0.15) is 47.1 Å². The van der Waals surface area contributed by atoms with Crippen LogP contribution >= 0.6 is 0 Å².